The molecule has 2 N–H and O–H groups in total. The molecule has 126 valence electrons. The molecule has 24 heavy (non-hydrogen) atoms. The molecule has 2 aromatic rings. The summed E-state index contributed by atoms with van der Waals surface area (Å²) >= 11 is 1.87. The SMILES string of the molecule is O=c1[nH]c(C2(c3cc(C4CCCC4)cs3)CC2)nc2c1CNCC2. The first kappa shape index (κ1) is 14.8. The van der Waals surface area contributed by atoms with Crippen molar-refractivity contribution in [2.75, 3.05) is 6.54 Å². The Hall–Kier alpha value is -1.46. The lowest BCUT2D eigenvalue weighted by Crippen LogP contribution is -2.33. The predicted molar refractivity (Wildman–Crippen MR) is 95.8 cm³/mol. The maximum absolute atomic E-state index is 12.5. The van der Waals surface area contributed by atoms with E-state index in [-0.39, 0.29) is 11.0 Å². The molecule has 4 nitrogen and oxygen atoms in total. The third kappa shape index (κ3) is 2.29. The Morgan fingerprint density at radius 3 is 2.88 bits per heavy atom. The highest BCUT2D eigenvalue weighted by Crippen LogP contribution is 2.54. The van der Waals surface area contributed by atoms with Gasteiger partial charge in [-0.25, -0.2) is 4.98 Å². The van der Waals surface area contributed by atoms with Crippen molar-refractivity contribution in [3.63, 3.8) is 0 Å². The van der Waals surface area contributed by atoms with Gasteiger partial charge in [0.2, 0.25) is 0 Å². The number of hydrogen-bond acceptors (Lipinski definition) is 4. The zero-order chi connectivity index (χ0) is 16.1. The molecule has 5 heteroatoms. The van der Waals surface area contributed by atoms with Crippen molar-refractivity contribution < 1.29 is 0 Å². The van der Waals surface area contributed by atoms with Crippen LogP contribution in [-0.2, 0) is 18.4 Å². The molecular weight excluding hydrogens is 318 g/mol. The van der Waals surface area contributed by atoms with Gasteiger partial charge in [-0.1, -0.05) is 12.8 Å². The van der Waals surface area contributed by atoms with Crippen LogP contribution in [0.15, 0.2) is 16.2 Å². The highest BCUT2D eigenvalue weighted by atomic mass is 32.1. The molecule has 0 radical (unpaired) electrons. The summed E-state index contributed by atoms with van der Waals surface area (Å²) in [5.41, 5.74) is 3.40. The van der Waals surface area contributed by atoms with E-state index >= 15 is 0 Å². The lowest BCUT2D eigenvalue weighted by molar-refractivity contribution is 0.605. The molecule has 3 heterocycles. The number of thiophene rings is 1. The van der Waals surface area contributed by atoms with Crippen molar-refractivity contribution >= 4 is 11.3 Å². The largest absolute Gasteiger partial charge is 0.312 e. The fourth-order valence-corrected chi connectivity index (χ4v) is 5.63. The molecule has 2 aliphatic carbocycles. The first-order valence-electron chi connectivity index (χ1n) is 9.18. The molecule has 0 bridgehead atoms. The van der Waals surface area contributed by atoms with Crippen molar-refractivity contribution in [2.45, 2.75) is 62.8 Å². The average molecular weight is 341 g/mol. The Morgan fingerprint density at radius 1 is 1.25 bits per heavy atom. The summed E-state index contributed by atoms with van der Waals surface area (Å²) in [4.78, 5) is 21.9. The van der Waals surface area contributed by atoms with Gasteiger partial charge in [0.1, 0.15) is 5.82 Å². The molecule has 2 fully saturated rings. The van der Waals surface area contributed by atoms with E-state index in [0.717, 1.165) is 48.8 Å². The lowest BCUT2D eigenvalue weighted by Gasteiger charge is -2.19. The van der Waals surface area contributed by atoms with E-state index < -0.39 is 0 Å². The Morgan fingerprint density at radius 2 is 2.08 bits per heavy atom. The normalized spacial score (nSPS) is 22.5. The molecule has 0 aromatic carbocycles. The highest BCUT2D eigenvalue weighted by molar-refractivity contribution is 7.10. The Bertz CT molecular complexity index is 827. The molecule has 2 aromatic heterocycles. The van der Waals surface area contributed by atoms with Crippen LogP contribution in [0.1, 0.15) is 72.0 Å². The summed E-state index contributed by atoms with van der Waals surface area (Å²) in [7, 11) is 0. The number of rotatable bonds is 3. The summed E-state index contributed by atoms with van der Waals surface area (Å²) < 4.78 is 0. The highest BCUT2D eigenvalue weighted by Gasteiger charge is 2.50. The van der Waals surface area contributed by atoms with E-state index in [1.807, 2.05) is 11.3 Å². The van der Waals surface area contributed by atoms with Gasteiger partial charge in [-0.15, -0.1) is 11.3 Å². The number of H-pyrrole nitrogens is 1. The van der Waals surface area contributed by atoms with Crippen LogP contribution in [-0.4, -0.2) is 16.5 Å². The Labute approximate surface area is 145 Å². The van der Waals surface area contributed by atoms with E-state index in [2.05, 4.69) is 21.7 Å². The van der Waals surface area contributed by atoms with Crippen molar-refractivity contribution in [1.82, 2.24) is 15.3 Å². The molecule has 0 spiro atoms. The van der Waals surface area contributed by atoms with E-state index in [0.29, 0.717) is 6.54 Å². The third-order valence-corrected chi connectivity index (χ3v) is 7.22. The predicted octanol–water partition coefficient (Wildman–Crippen LogP) is 3.21. The van der Waals surface area contributed by atoms with Gasteiger partial charge in [0, 0.05) is 24.4 Å². The molecule has 0 unspecified atom stereocenters. The van der Waals surface area contributed by atoms with E-state index in [9.17, 15) is 4.79 Å². The molecule has 1 aliphatic heterocycles. The van der Waals surface area contributed by atoms with Crippen LogP contribution in [0.25, 0.3) is 0 Å². The van der Waals surface area contributed by atoms with Gasteiger partial charge in [-0.2, -0.15) is 0 Å². The maximum atomic E-state index is 12.5. The van der Waals surface area contributed by atoms with Crippen LogP contribution in [0, 0.1) is 0 Å². The number of nitrogens with zero attached hydrogens (tertiary/aromatic N) is 1. The minimum Gasteiger partial charge on any atom is -0.312 e. The van der Waals surface area contributed by atoms with Gasteiger partial charge in [-0.3, -0.25) is 4.79 Å². The summed E-state index contributed by atoms with van der Waals surface area (Å²) in [5.74, 6) is 1.67. The number of fused-ring (bicyclic) bond motifs is 1. The van der Waals surface area contributed by atoms with Gasteiger partial charge in [0.15, 0.2) is 0 Å². The molecule has 0 atom stereocenters. The minimum atomic E-state index is -0.0133. The lowest BCUT2D eigenvalue weighted by atomic mass is 9.97. The number of nitrogens with one attached hydrogen (secondary N) is 2. The fraction of sp³-hybridized carbons (Fsp3) is 0.579. The molecule has 3 aliphatic rings. The third-order valence-electron chi connectivity index (χ3n) is 6.06. The second kappa shape index (κ2) is 5.53. The number of hydrogen-bond donors (Lipinski definition) is 2. The van der Waals surface area contributed by atoms with E-state index in [1.165, 1.54) is 36.1 Å². The summed E-state index contributed by atoms with van der Waals surface area (Å²) in [5, 5.41) is 5.62. The standard InChI is InChI=1S/C19H23N3OS/c23-17-14-10-20-8-5-15(14)21-18(22-17)19(6-7-19)16-9-13(11-24-16)12-3-1-2-4-12/h9,11-12,20H,1-8,10H2,(H,21,22,23). The zero-order valence-corrected chi connectivity index (χ0v) is 14.7. The second-order valence-corrected chi connectivity index (χ2v) is 8.49. The van der Waals surface area contributed by atoms with Crippen molar-refractivity contribution in [3.8, 4) is 0 Å². The first-order valence-corrected chi connectivity index (χ1v) is 10.1. The number of aromatic nitrogens is 2. The quantitative estimate of drug-likeness (QED) is 0.901. The number of aromatic amines is 1. The summed E-state index contributed by atoms with van der Waals surface area (Å²) in [6, 6.07) is 2.41. The van der Waals surface area contributed by atoms with Gasteiger partial charge in [0.25, 0.3) is 5.56 Å². The van der Waals surface area contributed by atoms with Crippen molar-refractivity contribution in [3.05, 3.63) is 49.3 Å². The van der Waals surface area contributed by atoms with Crippen LogP contribution in [0.5, 0.6) is 0 Å². The van der Waals surface area contributed by atoms with E-state index in [1.54, 1.807) is 0 Å². The summed E-state index contributed by atoms with van der Waals surface area (Å²) in [6.07, 6.45) is 8.49. The Balaban J connectivity index is 1.52. The Kier molecular flexibility index (Phi) is 3.42. The van der Waals surface area contributed by atoms with Crippen LogP contribution in [0.3, 0.4) is 0 Å². The smallest absolute Gasteiger partial charge is 0.255 e. The van der Waals surface area contributed by atoms with Gasteiger partial charge in [0.05, 0.1) is 16.7 Å². The van der Waals surface area contributed by atoms with Gasteiger partial charge in [-0.05, 0) is 48.6 Å². The zero-order valence-electron chi connectivity index (χ0n) is 13.9. The van der Waals surface area contributed by atoms with Gasteiger partial charge >= 0.3 is 0 Å². The first-order chi connectivity index (χ1) is 11.8. The maximum Gasteiger partial charge on any atom is 0.255 e. The average Bonchev–Trinajstić information content (AvgIpc) is 3.01. The topological polar surface area (TPSA) is 57.8 Å². The van der Waals surface area contributed by atoms with Crippen LogP contribution in [0.4, 0.5) is 0 Å². The van der Waals surface area contributed by atoms with Crippen molar-refractivity contribution in [1.29, 1.82) is 0 Å². The van der Waals surface area contributed by atoms with Gasteiger partial charge < -0.3 is 10.3 Å². The van der Waals surface area contributed by atoms with Crippen LogP contribution >= 0.6 is 11.3 Å². The minimum absolute atomic E-state index is 0.0133. The second-order valence-electron chi connectivity index (χ2n) is 7.57. The summed E-state index contributed by atoms with van der Waals surface area (Å²) in [6.45, 7) is 1.57. The molecular formula is C19H23N3OS. The van der Waals surface area contributed by atoms with Crippen LogP contribution in [0.2, 0.25) is 0 Å². The van der Waals surface area contributed by atoms with Crippen molar-refractivity contribution in [2.24, 2.45) is 0 Å². The molecule has 0 amide bonds. The molecule has 5 rings (SSSR count). The monoisotopic (exact) mass is 341 g/mol. The van der Waals surface area contributed by atoms with E-state index in [4.69, 9.17) is 4.98 Å². The molecule has 0 saturated heterocycles. The molecule has 2 saturated carbocycles. The fourth-order valence-electron chi connectivity index (χ4n) is 4.38. The van der Waals surface area contributed by atoms with Crippen LogP contribution < -0.4 is 10.9 Å².